The van der Waals surface area contributed by atoms with E-state index < -0.39 is 5.60 Å². The molecule has 0 aromatic rings. The Labute approximate surface area is 432 Å². The highest BCUT2D eigenvalue weighted by atomic mass is 16.5. The SMILES string of the molecule is C.C.C.C.C.C.C.C.C.C.C.C.C.C.C.C.CCC(CC)(COC(C)=O)COC(C)=O.CCC(CC)=C(C(C)=O)C(C)=O.CCC(CC)CC(C(C)=O)C(C)=O.CCOC(CC)(C(C)=O)C(C)=O. The van der Waals surface area contributed by atoms with Crippen LogP contribution in [0.3, 0.4) is 0 Å². The number of carbonyl (C=O) groups excluding carboxylic acids is 8. The molecule has 0 unspecified atom stereocenters. The normalized spacial score (nSPS) is 8.15. The molecule has 11 heteroatoms. The van der Waals surface area contributed by atoms with Crippen molar-refractivity contribution in [2.75, 3.05) is 19.8 Å². The minimum Gasteiger partial charge on any atom is -0.465 e. The zero-order valence-electron chi connectivity index (χ0n) is 35.4. The van der Waals surface area contributed by atoms with Gasteiger partial charge in [-0.05, 0) is 92.9 Å². The first-order valence-corrected chi connectivity index (χ1v) is 18.7. The van der Waals surface area contributed by atoms with Gasteiger partial charge in [-0.25, -0.2) is 0 Å². The molecule has 0 heterocycles. The summed E-state index contributed by atoms with van der Waals surface area (Å²) in [6.45, 7) is 28.1. The third kappa shape index (κ3) is 55.3. The maximum Gasteiger partial charge on any atom is 0.302 e. The molecule has 0 aromatic heterocycles. The monoisotopic (exact) mass is 997 g/mol. The standard InChI is InChI=1S/C11H20O4.C11H20O2.C10H16O2.C9H16O3.16CH4/c1-5-11(6-2,7-14-9(3)12)8-15-10(4)13;1-5-10(6-2)7-11(8(3)12)9(4)13;1-5-9(6-2)10(7(3)11)8(4)12;1-5-9(7(3)10,8(4)11)12-6-2;;;;;;;;;;;;;;;;/h5-8H2,1-4H3;10-11H,5-7H2,1-4H3;2*5-6H2,1-4H3;16*1H4. The number of esters is 2. The van der Waals surface area contributed by atoms with Crippen LogP contribution in [0.4, 0.5) is 0 Å². The first kappa shape index (κ1) is 131. The van der Waals surface area contributed by atoms with Gasteiger partial charge in [0.1, 0.15) is 24.8 Å². The van der Waals surface area contributed by atoms with Gasteiger partial charge in [0.15, 0.2) is 28.7 Å². The number of hydrogen-bond acceptors (Lipinski definition) is 11. The van der Waals surface area contributed by atoms with Crippen LogP contribution in [0.25, 0.3) is 0 Å². The lowest BCUT2D eigenvalue weighted by atomic mass is 9.84. The Kier molecular flexibility index (Phi) is 140. The van der Waals surface area contributed by atoms with Crippen LogP contribution in [-0.4, -0.2) is 72.1 Å². The van der Waals surface area contributed by atoms with Crippen molar-refractivity contribution < 1.29 is 52.6 Å². The summed E-state index contributed by atoms with van der Waals surface area (Å²) in [7, 11) is 0. The number of carbonyl (C=O) groups is 8. The molecule has 0 aliphatic carbocycles. The van der Waals surface area contributed by atoms with Crippen LogP contribution >= 0.6 is 0 Å². The van der Waals surface area contributed by atoms with Crippen molar-refractivity contribution in [3.05, 3.63) is 11.1 Å². The molecular weight excluding hydrogens is 861 g/mol. The van der Waals surface area contributed by atoms with Gasteiger partial charge >= 0.3 is 11.9 Å². The Balaban J connectivity index is -0.0000000233. The van der Waals surface area contributed by atoms with Gasteiger partial charge in [-0.3, -0.25) is 38.4 Å². The maximum absolute atomic E-state index is 11.2. The zero-order chi connectivity index (χ0) is 41.8. The fourth-order valence-corrected chi connectivity index (χ4v) is 5.43. The average molecular weight is 998 g/mol. The van der Waals surface area contributed by atoms with Crippen LogP contribution in [0.15, 0.2) is 11.1 Å². The summed E-state index contributed by atoms with van der Waals surface area (Å²) in [6, 6.07) is 0. The van der Waals surface area contributed by atoms with Crippen LogP contribution in [0.5, 0.6) is 0 Å². The molecule has 0 rings (SSSR count). The van der Waals surface area contributed by atoms with E-state index in [9.17, 15) is 38.4 Å². The van der Waals surface area contributed by atoms with Gasteiger partial charge in [-0.1, -0.05) is 186 Å². The molecule has 430 valence electrons. The summed E-state index contributed by atoms with van der Waals surface area (Å²) < 4.78 is 15.2. The van der Waals surface area contributed by atoms with Crippen LogP contribution in [0.2, 0.25) is 0 Å². The molecule has 0 radical (unpaired) electrons. The lowest BCUT2D eigenvalue weighted by Crippen LogP contribution is -2.46. The van der Waals surface area contributed by atoms with Gasteiger partial charge in [0.25, 0.3) is 0 Å². The van der Waals surface area contributed by atoms with Crippen molar-refractivity contribution in [3.63, 3.8) is 0 Å². The molecule has 0 fully saturated rings. The van der Waals surface area contributed by atoms with E-state index in [1.54, 1.807) is 13.8 Å². The molecule has 0 amide bonds. The van der Waals surface area contributed by atoms with E-state index in [-0.39, 0.29) is 177 Å². The van der Waals surface area contributed by atoms with E-state index in [2.05, 4.69) is 13.8 Å². The third-order valence-corrected chi connectivity index (χ3v) is 9.31. The predicted octanol–water partition coefficient (Wildman–Crippen LogP) is 18.3. The Morgan fingerprint density at radius 2 is 0.706 bits per heavy atom. The van der Waals surface area contributed by atoms with E-state index in [1.165, 1.54) is 55.4 Å². The smallest absolute Gasteiger partial charge is 0.302 e. The van der Waals surface area contributed by atoms with Crippen molar-refractivity contribution in [2.45, 2.75) is 287 Å². The largest absolute Gasteiger partial charge is 0.465 e. The van der Waals surface area contributed by atoms with Crippen molar-refractivity contribution in [1.29, 1.82) is 0 Å². The molecule has 0 bridgehead atoms. The van der Waals surface area contributed by atoms with Crippen LogP contribution in [0, 0.1) is 17.3 Å². The van der Waals surface area contributed by atoms with E-state index in [0.717, 1.165) is 50.5 Å². The first-order valence-electron chi connectivity index (χ1n) is 18.7. The lowest BCUT2D eigenvalue weighted by molar-refractivity contribution is -0.156. The van der Waals surface area contributed by atoms with Gasteiger partial charge in [0.2, 0.25) is 0 Å². The van der Waals surface area contributed by atoms with Gasteiger partial charge in [-0.15, -0.1) is 0 Å². The van der Waals surface area contributed by atoms with Crippen LogP contribution in [0.1, 0.15) is 281 Å². The summed E-state index contributed by atoms with van der Waals surface area (Å²) in [5.41, 5.74) is -0.0541. The third-order valence-electron chi connectivity index (χ3n) is 9.31. The van der Waals surface area contributed by atoms with E-state index in [0.29, 0.717) is 37.7 Å². The molecule has 0 saturated heterocycles. The zero-order valence-corrected chi connectivity index (χ0v) is 35.4. The van der Waals surface area contributed by atoms with Gasteiger partial charge in [0, 0.05) is 25.9 Å². The molecule has 11 nitrogen and oxygen atoms in total. The molecule has 0 N–H and O–H groups in total. The number of ether oxygens (including phenoxy) is 3. The summed E-state index contributed by atoms with van der Waals surface area (Å²) >= 11 is 0. The number of ketones is 6. The minimum absolute atomic E-state index is 0. The number of allylic oxidation sites excluding steroid dienone is 2. The first-order chi connectivity index (χ1) is 24.0. The van der Waals surface area contributed by atoms with E-state index in [1.807, 2.05) is 27.7 Å². The molecule has 0 atom stereocenters. The summed E-state index contributed by atoms with van der Waals surface area (Å²) in [6.07, 6.45) is 6.42. The second kappa shape index (κ2) is 72.6. The summed E-state index contributed by atoms with van der Waals surface area (Å²) in [5.74, 6) is -1.06. The van der Waals surface area contributed by atoms with Crippen LogP contribution in [-0.2, 0) is 52.6 Å². The minimum atomic E-state index is -1.19. The van der Waals surface area contributed by atoms with Gasteiger partial charge < -0.3 is 14.2 Å². The highest BCUT2D eigenvalue weighted by Crippen LogP contribution is 2.27. The van der Waals surface area contributed by atoms with Crippen LogP contribution < -0.4 is 0 Å². The molecule has 0 aliphatic heterocycles. The van der Waals surface area contributed by atoms with Crippen molar-refractivity contribution in [3.8, 4) is 0 Å². The average Bonchev–Trinajstić information content (AvgIpc) is 3.06. The quantitative estimate of drug-likeness (QED) is 0.0465. The summed E-state index contributed by atoms with van der Waals surface area (Å²) in [4.78, 5) is 88.2. The molecular formula is C57H136O11. The molecule has 0 aliphatic rings. The Morgan fingerprint density at radius 3 is 0.824 bits per heavy atom. The molecule has 68 heavy (non-hydrogen) atoms. The second-order valence-electron chi connectivity index (χ2n) is 13.0. The molecule has 0 aromatic carbocycles. The molecule has 0 spiro atoms. The highest BCUT2D eigenvalue weighted by molar-refractivity contribution is 6.19. The Bertz CT molecular complexity index is 1110. The number of hydrogen-bond donors (Lipinski definition) is 0. The van der Waals surface area contributed by atoms with Crippen molar-refractivity contribution in [2.24, 2.45) is 17.3 Å². The van der Waals surface area contributed by atoms with E-state index in [4.69, 9.17) is 14.2 Å². The number of rotatable bonds is 21. The highest BCUT2D eigenvalue weighted by Gasteiger charge is 2.39. The summed E-state index contributed by atoms with van der Waals surface area (Å²) in [5, 5.41) is 0. The fourth-order valence-electron chi connectivity index (χ4n) is 5.43. The van der Waals surface area contributed by atoms with E-state index >= 15 is 0 Å². The topological polar surface area (TPSA) is 164 Å². The maximum atomic E-state index is 11.2. The lowest BCUT2D eigenvalue weighted by Gasteiger charge is -2.29. The second-order valence-corrected chi connectivity index (χ2v) is 13.0. The van der Waals surface area contributed by atoms with Gasteiger partial charge in [0.05, 0.1) is 11.5 Å². The Hall–Kier alpha value is -3.34. The number of Topliss-reactive ketones (excluding diaryl/α,β-unsaturated/α-hetero) is 6. The van der Waals surface area contributed by atoms with Gasteiger partial charge in [-0.2, -0.15) is 0 Å². The van der Waals surface area contributed by atoms with Crippen molar-refractivity contribution in [1.82, 2.24) is 0 Å². The fraction of sp³-hybridized carbons (Fsp3) is 0.825. The van der Waals surface area contributed by atoms with Crippen molar-refractivity contribution >= 4 is 46.6 Å². The Morgan fingerprint density at radius 1 is 0.426 bits per heavy atom. The molecule has 0 saturated carbocycles. The predicted molar refractivity (Wildman–Crippen MR) is 312 cm³/mol.